The quantitative estimate of drug-likeness (QED) is 0.887. The predicted octanol–water partition coefficient (Wildman–Crippen LogP) is 1.71. The maximum Gasteiger partial charge on any atom is 0.218 e. The molecule has 0 fully saturated rings. The van der Waals surface area contributed by atoms with Crippen molar-refractivity contribution < 1.29 is 4.74 Å². The first-order valence-electron chi connectivity index (χ1n) is 5.63. The van der Waals surface area contributed by atoms with E-state index in [-0.39, 0.29) is 0 Å². The van der Waals surface area contributed by atoms with E-state index < -0.39 is 0 Å². The monoisotopic (exact) mass is 244 g/mol. The van der Waals surface area contributed by atoms with Gasteiger partial charge in [-0.3, -0.25) is 0 Å². The van der Waals surface area contributed by atoms with Gasteiger partial charge in [0.05, 0.1) is 7.11 Å². The van der Waals surface area contributed by atoms with E-state index in [4.69, 9.17) is 10.5 Å². The van der Waals surface area contributed by atoms with E-state index >= 15 is 0 Å². The first kappa shape index (κ1) is 12.3. The number of anilines is 2. The van der Waals surface area contributed by atoms with Crippen LogP contribution in [-0.2, 0) is 6.54 Å². The summed E-state index contributed by atoms with van der Waals surface area (Å²) < 4.78 is 5.09. The molecule has 0 aliphatic heterocycles. The maximum absolute atomic E-state index is 5.64. The van der Waals surface area contributed by atoms with Crippen molar-refractivity contribution >= 4 is 11.5 Å². The number of ether oxygens (including phenoxy) is 1. The van der Waals surface area contributed by atoms with Crippen LogP contribution in [0, 0.1) is 0 Å². The fourth-order valence-electron chi connectivity index (χ4n) is 1.65. The molecular weight excluding hydrogens is 228 g/mol. The van der Waals surface area contributed by atoms with E-state index in [1.165, 1.54) is 6.33 Å². The molecule has 0 unspecified atom stereocenters. The highest BCUT2D eigenvalue weighted by molar-refractivity contribution is 5.60. The van der Waals surface area contributed by atoms with Crippen LogP contribution in [0.5, 0.6) is 5.88 Å². The Bertz CT molecular complexity index is 482. The third-order valence-electron chi connectivity index (χ3n) is 2.71. The minimum absolute atomic E-state index is 0.523. The van der Waals surface area contributed by atoms with Crippen LogP contribution in [0.15, 0.2) is 36.7 Å². The number of rotatable bonds is 4. The Kier molecular flexibility index (Phi) is 3.74. The average molecular weight is 244 g/mol. The topological polar surface area (TPSA) is 64.3 Å². The molecule has 5 heteroatoms. The van der Waals surface area contributed by atoms with Gasteiger partial charge in [-0.1, -0.05) is 12.1 Å². The number of benzene rings is 1. The molecule has 0 aliphatic carbocycles. The van der Waals surface area contributed by atoms with Crippen molar-refractivity contribution in [2.45, 2.75) is 6.54 Å². The number of hydrogen-bond acceptors (Lipinski definition) is 5. The zero-order valence-electron chi connectivity index (χ0n) is 10.5. The van der Waals surface area contributed by atoms with Crippen molar-refractivity contribution in [2.24, 2.45) is 5.73 Å². The van der Waals surface area contributed by atoms with Gasteiger partial charge in [0.15, 0.2) is 0 Å². The molecule has 0 radical (unpaired) electrons. The van der Waals surface area contributed by atoms with Crippen molar-refractivity contribution in [3.05, 3.63) is 42.2 Å². The second-order valence-corrected chi connectivity index (χ2v) is 3.85. The first-order valence-corrected chi connectivity index (χ1v) is 5.63. The van der Waals surface area contributed by atoms with Crippen LogP contribution in [0.1, 0.15) is 5.56 Å². The SMILES string of the molecule is COc1cc(N(C)c2cccc(CN)c2)ncn1. The highest BCUT2D eigenvalue weighted by atomic mass is 16.5. The van der Waals surface area contributed by atoms with Crippen molar-refractivity contribution in [3.8, 4) is 5.88 Å². The summed E-state index contributed by atoms with van der Waals surface area (Å²) in [5, 5.41) is 0. The van der Waals surface area contributed by atoms with Gasteiger partial charge in [-0.15, -0.1) is 0 Å². The molecule has 0 bridgehead atoms. The second-order valence-electron chi connectivity index (χ2n) is 3.85. The Hall–Kier alpha value is -2.14. The van der Waals surface area contributed by atoms with Crippen molar-refractivity contribution in [1.29, 1.82) is 0 Å². The van der Waals surface area contributed by atoms with Crippen LogP contribution < -0.4 is 15.4 Å². The smallest absolute Gasteiger partial charge is 0.218 e. The minimum atomic E-state index is 0.523. The van der Waals surface area contributed by atoms with Crippen LogP contribution in [0.25, 0.3) is 0 Å². The molecule has 0 saturated heterocycles. The van der Waals surface area contributed by atoms with E-state index in [9.17, 15) is 0 Å². The molecule has 2 N–H and O–H groups in total. The maximum atomic E-state index is 5.64. The summed E-state index contributed by atoms with van der Waals surface area (Å²) in [5.41, 5.74) is 7.75. The van der Waals surface area contributed by atoms with Gasteiger partial charge in [0.25, 0.3) is 0 Å². The lowest BCUT2D eigenvalue weighted by molar-refractivity contribution is 0.397. The number of aromatic nitrogens is 2. The number of nitrogens with zero attached hydrogens (tertiary/aromatic N) is 3. The number of nitrogens with two attached hydrogens (primary N) is 1. The largest absolute Gasteiger partial charge is 0.481 e. The summed E-state index contributed by atoms with van der Waals surface area (Å²) in [5.74, 6) is 1.32. The summed E-state index contributed by atoms with van der Waals surface area (Å²) in [7, 11) is 3.53. The van der Waals surface area contributed by atoms with Gasteiger partial charge in [-0.05, 0) is 17.7 Å². The Morgan fingerprint density at radius 2 is 2.11 bits per heavy atom. The van der Waals surface area contributed by atoms with E-state index in [2.05, 4.69) is 9.97 Å². The lowest BCUT2D eigenvalue weighted by Crippen LogP contribution is -2.12. The van der Waals surface area contributed by atoms with Crippen molar-refractivity contribution in [1.82, 2.24) is 9.97 Å². The molecule has 2 aromatic rings. The van der Waals surface area contributed by atoms with Gasteiger partial charge in [0.1, 0.15) is 12.1 Å². The molecule has 18 heavy (non-hydrogen) atoms. The molecule has 1 heterocycles. The Morgan fingerprint density at radius 3 is 2.83 bits per heavy atom. The lowest BCUT2D eigenvalue weighted by Gasteiger charge is -2.19. The molecule has 2 rings (SSSR count). The highest BCUT2D eigenvalue weighted by Crippen LogP contribution is 2.23. The van der Waals surface area contributed by atoms with E-state index in [0.29, 0.717) is 12.4 Å². The Labute approximate surface area is 106 Å². The summed E-state index contributed by atoms with van der Waals surface area (Å²) >= 11 is 0. The van der Waals surface area contributed by atoms with Gasteiger partial charge in [-0.25, -0.2) is 9.97 Å². The summed E-state index contributed by atoms with van der Waals surface area (Å²) in [4.78, 5) is 10.2. The molecular formula is C13H16N4O. The van der Waals surface area contributed by atoms with Crippen molar-refractivity contribution in [3.63, 3.8) is 0 Å². The van der Waals surface area contributed by atoms with Crippen LogP contribution in [0.2, 0.25) is 0 Å². The molecule has 0 amide bonds. The summed E-state index contributed by atoms with van der Waals surface area (Å²) in [6, 6.07) is 9.81. The average Bonchev–Trinajstić information content (AvgIpc) is 2.46. The molecule has 0 atom stereocenters. The zero-order valence-corrected chi connectivity index (χ0v) is 10.5. The van der Waals surface area contributed by atoms with Gasteiger partial charge >= 0.3 is 0 Å². The van der Waals surface area contributed by atoms with E-state index in [1.54, 1.807) is 13.2 Å². The van der Waals surface area contributed by atoms with Crippen LogP contribution >= 0.6 is 0 Å². The van der Waals surface area contributed by atoms with Gasteiger partial charge in [-0.2, -0.15) is 0 Å². The number of methoxy groups -OCH3 is 1. The molecule has 0 saturated carbocycles. The normalized spacial score (nSPS) is 10.2. The zero-order chi connectivity index (χ0) is 13.0. The third-order valence-corrected chi connectivity index (χ3v) is 2.71. The van der Waals surface area contributed by atoms with Crippen LogP contribution in [0.3, 0.4) is 0 Å². The molecule has 1 aromatic heterocycles. The van der Waals surface area contributed by atoms with Gasteiger partial charge in [0, 0.05) is 25.3 Å². The second kappa shape index (κ2) is 5.46. The highest BCUT2D eigenvalue weighted by Gasteiger charge is 2.07. The Morgan fingerprint density at radius 1 is 1.28 bits per heavy atom. The molecule has 0 spiro atoms. The summed E-state index contributed by atoms with van der Waals surface area (Å²) in [6.07, 6.45) is 1.48. The first-order chi connectivity index (χ1) is 8.74. The fourth-order valence-corrected chi connectivity index (χ4v) is 1.65. The standard InChI is InChI=1S/C13H16N4O/c1-17(11-5-3-4-10(6-11)8-14)12-7-13(18-2)16-9-15-12/h3-7,9H,8,14H2,1-2H3. The van der Waals surface area contributed by atoms with E-state index in [0.717, 1.165) is 17.1 Å². The van der Waals surface area contributed by atoms with Crippen LogP contribution in [-0.4, -0.2) is 24.1 Å². The minimum Gasteiger partial charge on any atom is -0.481 e. The molecule has 5 nitrogen and oxygen atoms in total. The van der Waals surface area contributed by atoms with Gasteiger partial charge in [0.2, 0.25) is 5.88 Å². The van der Waals surface area contributed by atoms with E-state index in [1.807, 2.05) is 36.2 Å². The van der Waals surface area contributed by atoms with Gasteiger partial charge < -0.3 is 15.4 Å². The Balaban J connectivity index is 2.31. The molecule has 0 aliphatic rings. The molecule has 94 valence electrons. The lowest BCUT2D eigenvalue weighted by atomic mass is 10.2. The molecule has 1 aromatic carbocycles. The number of hydrogen-bond donors (Lipinski definition) is 1. The summed E-state index contributed by atoms with van der Waals surface area (Å²) in [6.45, 7) is 0.523. The van der Waals surface area contributed by atoms with Crippen LogP contribution in [0.4, 0.5) is 11.5 Å². The van der Waals surface area contributed by atoms with Crippen molar-refractivity contribution in [2.75, 3.05) is 19.1 Å². The fraction of sp³-hybridized carbons (Fsp3) is 0.231. The predicted molar refractivity (Wildman–Crippen MR) is 71.0 cm³/mol. The third kappa shape index (κ3) is 2.57.